The van der Waals surface area contributed by atoms with Crippen LogP contribution in [0.2, 0.25) is 0 Å². The first kappa shape index (κ1) is 13.6. The molecule has 0 bridgehead atoms. The molecule has 1 aliphatic rings. The van der Waals surface area contributed by atoms with Gasteiger partial charge >= 0.3 is 5.97 Å². The zero-order valence-corrected chi connectivity index (χ0v) is 12.7. The minimum absolute atomic E-state index is 0.225. The maximum atomic E-state index is 12.3. The number of hydrogen-bond donors (Lipinski definition) is 0. The highest BCUT2D eigenvalue weighted by atomic mass is 32.1. The number of carbonyl (C=O) groups is 3. The average Bonchev–Trinajstić information content (AvgIpc) is 3.19. The molecule has 0 spiro atoms. The number of imidazole rings is 1. The number of fused-ring (bicyclic) bond motifs is 2. The van der Waals surface area contributed by atoms with Gasteiger partial charge in [0.25, 0.3) is 11.8 Å². The standard InChI is InChI=1S/C15H9N3O4S/c1-8-11(23-15-16-6-7-17(8)15)14(21)22-18-12(19)9-4-2-3-5-10(9)13(18)20/h2-7H,1H3. The first-order valence-electron chi connectivity index (χ1n) is 6.70. The number of aromatic nitrogens is 2. The number of carbonyl (C=O) groups excluding carboxylic acids is 3. The van der Waals surface area contributed by atoms with Crippen molar-refractivity contribution in [3.63, 3.8) is 0 Å². The highest BCUT2D eigenvalue weighted by Gasteiger charge is 2.39. The van der Waals surface area contributed by atoms with Crippen LogP contribution in [0.1, 0.15) is 36.1 Å². The average molecular weight is 327 g/mol. The lowest BCUT2D eigenvalue weighted by molar-refractivity contribution is -0.0581. The van der Waals surface area contributed by atoms with Crippen LogP contribution < -0.4 is 0 Å². The van der Waals surface area contributed by atoms with Crippen molar-refractivity contribution in [3.05, 3.63) is 58.4 Å². The van der Waals surface area contributed by atoms with Crippen LogP contribution >= 0.6 is 11.3 Å². The number of thiazole rings is 1. The molecule has 1 aromatic carbocycles. The van der Waals surface area contributed by atoms with Crippen LogP contribution in [0.15, 0.2) is 36.7 Å². The van der Waals surface area contributed by atoms with Gasteiger partial charge in [-0.3, -0.25) is 14.0 Å². The molecular formula is C15H9N3O4S. The van der Waals surface area contributed by atoms with Gasteiger partial charge in [0, 0.05) is 18.1 Å². The Morgan fingerprint density at radius 3 is 2.43 bits per heavy atom. The smallest absolute Gasteiger partial charge is 0.323 e. The highest BCUT2D eigenvalue weighted by Crippen LogP contribution is 2.26. The van der Waals surface area contributed by atoms with Crippen LogP contribution in [0.25, 0.3) is 4.96 Å². The summed E-state index contributed by atoms with van der Waals surface area (Å²) < 4.78 is 1.74. The van der Waals surface area contributed by atoms with Crippen molar-refractivity contribution in [1.29, 1.82) is 0 Å². The molecule has 4 rings (SSSR count). The Labute approximate surface area is 133 Å². The number of rotatable bonds is 2. The summed E-state index contributed by atoms with van der Waals surface area (Å²) in [6.07, 6.45) is 3.35. The highest BCUT2D eigenvalue weighted by molar-refractivity contribution is 7.19. The van der Waals surface area contributed by atoms with E-state index in [1.54, 1.807) is 35.9 Å². The van der Waals surface area contributed by atoms with Crippen LogP contribution in [0.4, 0.5) is 0 Å². The summed E-state index contributed by atoms with van der Waals surface area (Å²) in [5.41, 5.74) is 1.09. The fraction of sp³-hybridized carbons (Fsp3) is 0.0667. The van der Waals surface area contributed by atoms with Crippen LogP contribution in [0.3, 0.4) is 0 Å². The van der Waals surface area contributed by atoms with E-state index in [9.17, 15) is 14.4 Å². The lowest BCUT2D eigenvalue weighted by atomic mass is 10.1. The van der Waals surface area contributed by atoms with E-state index in [0.29, 0.717) is 20.6 Å². The number of nitrogens with zero attached hydrogens (tertiary/aromatic N) is 3. The van der Waals surface area contributed by atoms with E-state index in [-0.39, 0.29) is 11.1 Å². The normalized spacial score (nSPS) is 13.7. The van der Waals surface area contributed by atoms with Gasteiger partial charge in [0.2, 0.25) is 0 Å². The lowest BCUT2D eigenvalue weighted by Crippen LogP contribution is -2.32. The molecule has 3 aromatic rings. The van der Waals surface area contributed by atoms with E-state index in [4.69, 9.17) is 4.84 Å². The fourth-order valence-electron chi connectivity index (χ4n) is 2.46. The Bertz CT molecular complexity index is 953. The molecule has 2 aromatic heterocycles. The summed E-state index contributed by atoms with van der Waals surface area (Å²) in [7, 11) is 0. The third-order valence-corrected chi connectivity index (χ3v) is 4.76. The Hall–Kier alpha value is -3.00. The molecule has 0 atom stereocenters. The van der Waals surface area contributed by atoms with Gasteiger partial charge in [-0.05, 0) is 19.1 Å². The van der Waals surface area contributed by atoms with Crippen molar-refractivity contribution in [2.75, 3.05) is 0 Å². The third kappa shape index (κ3) is 1.88. The molecule has 0 radical (unpaired) electrons. The minimum Gasteiger partial charge on any atom is -0.323 e. The van der Waals surface area contributed by atoms with E-state index < -0.39 is 17.8 Å². The predicted octanol–water partition coefficient (Wildman–Crippen LogP) is 2.07. The van der Waals surface area contributed by atoms with Gasteiger partial charge in [0.05, 0.1) is 11.1 Å². The molecule has 8 heteroatoms. The molecule has 0 saturated carbocycles. The van der Waals surface area contributed by atoms with Gasteiger partial charge in [-0.1, -0.05) is 28.5 Å². The molecule has 3 heterocycles. The van der Waals surface area contributed by atoms with Crippen molar-refractivity contribution in [2.24, 2.45) is 0 Å². The molecule has 7 nitrogen and oxygen atoms in total. The molecule has 1 aliphatic heterocycles. The largest absolute Gasteiger partial charge is 0.375 e. The third-order valence-electron chi connectivity index (χ3n) is 3.61. The van der Waals surface area contributed by atoms with Gasteiger partial charge in [0.15, 0.2) is 4.96 Å². The number of hydrogen-bond acceptors (Lipinski definition) is 6. The number of hydroxylamine groups is 2. The predicted molar refractivity (Wildman–Crippen MR) is 80.2 cm³/mol. The molecule has 2 amide bonds. The van der Waals surface area contributed by atoms with E-state index in [2.05, 4.69) is 4.98 Å². The fourth-order valence-corrected chi connectivity index (χ4v) is 3.42. The van der Waals surface area contributed by atoms with Crippen molar-refractivity contribution < 1.29 is 19.2 Å². The number of aryl methyl sites for hydroxylation is 1. The van der Waals surface area contributed by atoms with Crippen molar-refractivity contribution >= 4 is 34.1 Å². The molecule has 0 saturated heterocycles. The van der Waals surface area contributed by atoms with Gasteiger partial charge in [-0.25, -0.2) is 9.78 Å². The summed E-state index contributed by atoms with van der Waals surface area (Å²) in [5.74, 6) is -2.04. The lowest BCUT2D eigenvalue weighted by Gasteiger charge is -2.12. The second-order valence-electron chi connectivity index (χ2n) is 4.93. The van der Waals surface area contributed by atoms with Crippen LogP contribution in [-0.2, 0) is 4.84 Å². The zero-order chi connectivity index (χ0) is 16.1. The maximum absolute atomic E-state index is 12.3. The molecule has 23 heavy (non-hydrogen) atoms. The summed E-state index contributed by atoms with van der Waals surface area (Å²) in [5, 5.41) is 0.509. The Kier molecular flexibility index (Phi) is 2.82. The monoisotopic (exact) mass is 327 g/mol. The number of imide groups is 1. The van der Waals surface area contributed by atoms with Crippen molar-refractivity contribution in [1.82, 2.24) is 14.4 Å². The maximum Gasteiger partial charge on any atom is 0.375 e. The van der Waals surface area contributed by atoms with E-state index in [0.717, 1.165) is 11.3 Å². The van der Waals surface area contributed by atoms with Gasteiger partial charge in [-0.2, -0.15) is 0 Å². The molecule has 0 fully saturated rings. The second-order valence-corrected chi connectivity index (χ2v) is 5.90. The Morgan fingerprint density at radius 2 is 1.83 bits per heavy atom. The summed E-state index contributed by atoms with van der Waals surface area (Å²) >= 11 is 1.14. The zero-order valence-electron chi connectivity index (χ0n) is 11.8. The first-order valence-corrected chi connectivity index (χ1v) is 7.52. The summed E-state index contributed by atoms with van der Waals surface area (Å²) in [6, 6.07) is 6.34. The Morgan fingerprint density at radius 1 is 1.17 bits per heavy atom. The Balaban J connectivity index is 1.65. The van der Waals surface area contributed by atoms with Crippen LogP contribution in [-0.4, -0.2) is 32.2 Å². The van der Waals surface area contributed by atoms with E-state index in [1.165, 1.54) is 12.1 Å². The van der Waals surface area contributed by atoms with Crippen molar-refractivity contribution in [3.8, 4) is 0 Å². The van der Waals surface area contributed by atoms with E-state index in [1.807, 2.05) is 0 Å². The topological polar surface area (TPSA) is 81.0 Å². The molecule has 0 unspecified atom stereocenters. The first-order chi connectivity index (χ1) is 11.1. The van der Waals surface area contributed by atoms with Gasteiger partial charge in [-0.15, -0.1) is 0 Å². The summed E-state index contributed by atoms with van der Waals surface area (Å²) in [6.45, 7) is 1.74. The van der Waals surface area contributed by atoms with E-state index >= 15 is 0 Å². The molecule has 114 valence electrons. The molecular weight excluding hydrogens is 318 g/mol. The second kappa shape index (κ2) is 4.75. The van der Waals surface area contributed by atoms with Gasteiger partial charge < -0.3 is 4.84 Å². The summed E-state index contributed by atoms with van der Waals surface area (Å²) in [4.78, 5) is 46.8. The van der Waals surface area contributed by atoms with Crippen LogP contribution in [0, 0.1) is 6.92 Å². The quantitative estimate of drug-likeness (QED) is 0.673. The van der Waals surface area contributed by atoms with Crippen molar-refractivity contribution in [2.45, 2.75) is 6.92 Å². The number of amides is 2. The van der Waals surface area contributed by atoms with Crippen LogP contribution in [0.5, 0.6) is 0 Å². The SMILES string of the molecule is Cc1c(C(=O)ON2C(=O)c3ccccc3C2=O)sc2nccn12. The number of benzene rings is 1. The molecule has 0 N–H and O–H groups in total. The minimum atomic E-state index is -0.757. The molecule has 0 aliphatic carbocycles. The van der Waals surface area contributed by atoms with Gasteiger partial charge in [0.1, 0.15) is 4.88 Å².